The third-order valence-electron chi connectivity index (χ3n) is 11.7. The van der Waals surface area contributed by atoms with Crippen molar-refractivity contribution in [2.45, 2.75) is 6.42 Å². The third kappa shape index (κ3) is 6.37. The monoisotopic (exact) mass is 742 g/mol. The molecule has 1 heterocycles. The van der Waals surface area contributed by atoms with Gasteiger partial charge in [0.1, 0.15) is 0 Å². The normalized spacial score (nSPS) is 14.8. The molecule has 0 saturated carbocycles. The quantitative estimate of drug-likeness (QED) is 0.159. The van der Waals surface area contributed by atoms with E-state index in [1.165, 1.54) is 103 Å². The number of benzene rings is 8. The highest BCUT2D eigenvalue weighted by Gasteiger charge is 2.18. The maximum atomic E-state index is 2.42. The fraction of sp³-hybridized carbons (Fsp3) is 0.0357. The Bertz CT molecular complexity index is 3130. The highest BCUT2D eigenvalue weighted by atomic mass is 32.1. The SMILES string of the molecule is C1=CC2=CC(c3cc(-c4ccccc4)cc(-c4ccc5sc6ccc(-c7cc(-c8ccccc8)cc(-c8ccc9ccccc9c8)c7)cc6c5c4)c3)=CCC2C=C1. The molecule has 1 atom stereocenters. The van der Waals surface area contributed by atoms with Gasteiger partial charge in [0.2, 0.25) is 0 Å². The maximum Gasteiger partial charge on any atom is 0.0355 e. The molecule has 1 unspecified atom stereocenters. The smallest absolute Gasteiger partial charge is 0.0355 e. The first-order valence-electron chi connectivity index (χ1n) is 19.8. The van der Waals surface area contributed by atoms with Gasteiger partial charge in [0.25, 0.3) is 0 Å². The molecule has 57 heavy (non-hydrogen) atoms. The van der Waals surface area contributed by atoms with E-state index in [1.807, 2.05) is 11.3 Å². The van der Waals surface area contributed by atoms with Crippen LogP contribution in [0.25, 0.3) is 92.2 Å². The Kier molecular flexibility index (Phi) is 8.26. The van der Waals surface area contributed by atoms with Crippen molar-refractivity contribution in [2.24, 2.45) is 5.92 Å². The van der Waals surface area contributed by atoms with Gasteiger partial charge in [-0.05, 0) is 156 Å². The van der Waals surface area contributed by atoms with Crippen molar-refractivity contribution in [3.8, 4) is 55.6 Å². The lowest BCUT2D eigenvalue weighted by Gasteiger charge is -2.22. The van der Waals surface area contributed by atoms with E-state index in [9.17, 15) is 0 Å². The molecular formula is C56H38S. The lowest BCUT2D eigenvalue weighted by molar-refractivity contribution is 0.783. The highest BCUT2D eigenvalue weighted by Crippen LogP contribution is 2.42. The van der Waals surface area contributed by atoms with Crippen LogP contribution in [0.15, 0.2) is 218 Å². The van der Waals surface area contributed by atoms with Gasteiger partial charge >= 0.3 is 0 Å². The van der Waals surface area contributed by atoms with Crippen LogP contribution in [0, 0.1) is 5.92 Å². The van der Waals surface area contributed by atoms with E-state index in [1.54, 1.807) is 0 Å². The molecule has 1 heteroatoms. The number of allylic oxidation sites excluding steroid dienone is 8. The van der Waals surface area contributed by atoms with Crippen molar-refractivity contribution < 1.29 is 0 Å². The number of rotatable bonds is 6. The Hall–Kier alpha value is -6.80. The third-order valence-corrected chi connectivity index (χ3v) is 12.9. The molecule has 0 fully saturated rings. The van der Waals surface area contributed by atoms with Crippen LogP contribution in [-0.2, 0) is 0 Å². The van der Waals surface area contributed by atoms with Crippen LogP contribution in [0.3, 0.4) is 0 Å². The molecule has 1 aromatic heterocycles. The number of hydrogen-bond donors (Lipinski definition) is 0. The zero-order valence-electron chi connectivity index (χ0n) is 31.4. The Morgan fingerprint density at radius 2 is 0.895 bits per heavy atom. The molecule has 8 aromatic carbocycles. The first-order valence-corrected chi connectivity index (χ1v) is 20.6. The van der Waals surface area contributed by atoms with Crippen molar-refractivity contribution in [2.75, 3.05) is 0 Å². The molecule has 2 aliphatic carbocycles. The van der Waals surface area contributed by atoms with Crippen LogP contribution in [0.1, 0.15) is 12.0 Å². The van der Waals surface area contributed by atoms with Gasteiger partial charge < -0.3 is 0 Å². The fourth-order valence-electron chi connectivity index (χ4n) is 8.68. The van der Waals surface area contributed by atoms with Gasteiger partial charge in [-0.2, -0.15) is 0 Å². The van der Waals surface area contributed by atoms with Gasteiger partial charge in [-0.3, -0.25) is 0 Å². The summed E-state index contributed by atoms with van der Waals surface area (Å²) in [7, 11) is 0. The Morgan fingerprint density at radius 1 is 0.386 bits per heavy atom. The molecule has 0 saturated heterocycles. The minimum absolute atomic E-state index is 0.473. The molecule has 0 nitrogen and oxygen atoms in total. The molecule has 0 bridgehead atoms. The van der Waals surface area contributed by atoms with Crippen LogP contribution < -0.4 is 0 Å². The summed E-state index contributed by atoms with van der Waals surface area (Å²) >= 11 is 1.88. The fourth-order valence-corrected chi connectivity index (χ4v) is 9.75. The van der Waals surface area contributed by atoms with Crippen LogP contribution in [-0.4, -0.2) is 0 Å². The summed E-state index contributed by atoms with van der Waals surface area (Å²) < 4.78 is 2.62. The Labute approximate surface area is 337 Å². The highest BCUT2D eigenvalue weighted by molar-refractivity contribution is 7.25. The van der Waals surface area contributed by atoms with Gasteiger partial charge in [0, 0.05) is 26.1 Å². The van der Waals surface area contributed by atoms with E-state index < -0.39 is 0 Å². The van der Waals surface area contributed by atoms with Gasteiger partial charge in [-0.25, -0.2) is 0 Å². The molecule has 268 valence electrons. The lowest BCUT2D eigenvalue weighted by atomic mass is 9.83. The molecule has 0 N–H and O–H groups in total. The van der Waals surface area contributed by atoms with Gasteiger partial charge in [0.15, 0.2) is 0 Å². The summed E-state index contributed by atoms with van der Waals surface area (Å²) in [6.07, 6.45) is 14.8. The largest absolute Gasteiger partial charge is 0.135 e. The standard InChI is InChI=1S/C56H38S/c1-3-11-37(12-4-1)47-29-49(43-21-19-39-15-7-9-17-41(39)27-43)33-51(31-47)45-23-25-55-53(35-45)54-36-46(24-26-56(54)57-55)52-32-48(38-13-5-2-6-14-38)30-50(34-52)44-22-20-40-16-8-10-18-42(40)28-44/h1-19,21-36,40H,20H2. The molecule has 0 radical (unpaired) electrons. The lowest BCUT2D eigenvalue weighted by Crippen LogP contribution is -2.05. The van der Waals surface area contributed by atoms with Crippen LogP contribution in [0.5, 0.6) is 0 Å². The van der Waals surface area contributed by atoms with E-state index in [0.29, 0.717) is 5.92 Å². The average molecular weight is 743 g/mol. The van der Waals surface area contributed by atoms with Crippen molar-refractivity contribution >= 4 is 47.9 Å². The average Bonchev–Trinajstić information content (AvgIpc) is 3.66. The Morgan fingerprint density at radius 3 is 1.51 bits per heavy atom. The topological polar surface area (TPSA) is 0 Å². The second-order valence-electron chi connectivity index (χ2n) is 15.3. The van der Waals surface area contributed by atoms with Crippen molar-refractivity contribution in [3.05, 3.63) is 224 Å². The molecule has 2 aliphatic rings. The maximum absolute atomic E-state index is 2.42. The van der Waals surface area contributed by atoms with Gasteiger partial charge in [-0.1, -0.05) is 146 Å². The summed E-state index contributed by atoms with van der Waals surface area (Å²) in [5.74, 6) is 0.473. The Balaban J connectivity index is 1.04. The zero-order valence-corrected chi connectivity index (χ0v) is 32.2. The second kappa shape index (κ2) is 14.0. The molecule has 0 aliphatic heterocycles. The molecular weight excluding hydrogens is 705 g/mol. The van der Waals surface area contributed by atoms with Crippen molar-refractivity contribution in [1.29, 1.82) is 0 Å². The minimum Gasteiger partial charge on any atom is -0.135 e. The van der Waals surface area contributed by atoms with Crippen molar-refractivity contribution in [1.82, 2.24) is 0 Å². The molecule has 0 spiro atoms. The number of fused-ring (bicyclic) bond motifs is 5. The first kappa shape index (κ1) is 33.5. The summed E-state index contributed by atoms with van der Waals surface area (Å²) in [5.41, 5.74) is 16.2. The predicted octanol–water partition coefficient (Wildman–Crippen LogP) is 16.0. The number of thiophene rings is 1. The van der Waals surface area contributed by atoms with E-state index in [2.05, 4.69) is 212 Å². The number of hydrogen-bond acceptors (Lipinski definition) is 1. The van der Waals surface area contributed by atoms with E-state index in [0.717, 1.165) is 6.42 Å². The van der Waals surface area contributed by atoms with Gasteiger partial charge in [-0.15, -0.1) is 11.3 Å². The molecule has 0 amide bonds. The van der Waals surface area contributed by atoms with Gasteiger partial charge in [0.05, 0.1) is 0 Å². The van der Waals surface area contributed by atoms with Crippen LogP contribution in [0.2, 0.25) is 0 Å². The van der Waals surface area contributed by atoms with Crippen LogP contribution >= 0.6 is 11.3 Å². The first-order chi connectivity index (χ1) is 28.2. The van der Waals surface area contributed by atoms with E-state index >= 15 is 0 Å². The van der Waals surface area contributed by atoms with Crippen LogP contribution in [0.4, 0.5) is 0 Å². The summed E-state index contributed by atoms with van der Waals surface area (Å²) in [6, 6.07) is 65.3. The molecule has 11 rings (SSSR count). The zero-order chi connectivity index (χ0) is 37.7. The van der Waals surface area contributed by atoms with Crippen molar-refractivity contribution in [3.63, 3.8) is 0 Å². The minimum atomic E-state index is 0.473. The van der Waals surface area contributed by atoms with E-state index in [-0.39, 0.29) is 0 Å². The predicted molar refractivity (Wildman–Crippen MR) is 246 cm³/mol. The second-order valence-corrected chi connectivity index (χ2v) is 16.4. The van der Waals surface area contributed by atoms with E-state index in [4.69, 9.17) is 0 Å². The molecule has 9 aromatic rings. The summed E-state index contributed by atoms with van der Waals surface area (Å²) in [6.45, 7) is 0. The summed E-state index contributed by atoms with van der Waals surface area (Å²) in [4.78, 5) is 0. The summed E-state index contributed by atoms with van der Waals surface area (Å²) in [5, 5.41) is 5.11.